The van der Waals surface area contributed by atoms with Gasteiger partial charge in [0.15, 0.2) is 5.79 Å². The van der Waals surface area contributed by atoms with Gasteiger partial charge in [0.05, 0.1) is 0 Å². The van der Waals surface area contributed by atoms with Crippen molar-refractivity contribution in [2.45, 2.75) is 32.5 Å². The zero-order valence-electron chi connectivity index (χ0n) is 7.89. The van der Waals surface area contributed by atoms with Crippen LogP contribution in [0.15, 0.2) is 12.2 Å². The molecule has 0 aliphatic heterocycles. The molecule has 0 bridgehead atoms. The average molecular weight is 158 g/mol. The third-order valence-corrected chi connectivity index (χ3v) is 1.86. The molecule has 0 unspecified atom stereocenters. The number of allylic oxidation sites excluding steroid dienone is 2. The largest absolute Gasteiger partial charge is 0.353 e. The third kappa shape index (κ3) is 4.17. The number of rotatable bonds is 5. The zero-order valence-corrected chi connectivity index (χ0v) is 7.89. The number of hydrogen-bond donors (Lipinski definition) is 0. The summed E-state index contributed by atoms with van der Waals surface area (Å²) >= 11 is 0. The van der Waals surface area contributed by atoms with Gasteiger partial charge in [0, 0.05) is 20.6 Å². The molecule has 0 atom stereocenters. The average Bonchev–Trinajstić information content (AvgIpc) is 2.05. The Balaban J connectivity index is 3.68. The van der Waals surface area contributed by atoms with Crippen molar-refractivity contribution < 1.29 is 9.47 Å². The van der Waals surface area contributed by atoms with Crippen LogP contribution in [0.2, 0.25) is 0 Å². The van der Waals surface area contributed by atoms with Crippen molar-refractivity contribution in [3.63, 3.8) is 0 Å². The van der Waals surface area contributed by atoms with Crippen LogP contribution in [-0.2, 0) is 9.47 Å². The van der Waals surface area contributed by atoms with Gasteiger partial charge in [0.25, 0.3) is 0 Å². The van der Waals surface area contributed by atoms with Gasteiger partial charge in [0.2, 0.25) is 0 Å². The zero-order chi connectivity index (χ0) is 8.74. The Morgan fingerprint density at radius 3 is 2.18 bits per heavy atom. The first-order valence-electron chi connectivity index (χ1n) is 3.90. The number of ether oxygens (including phenoxy) is 2. The van der Waals surface area contributed by atoms with Crippen LogP contribution in [-0.4, -0.2) is 20.0 Å². The van der Waals surface area contributed by atoms with Crippen molar-refractivity contribution in [1.29, 1.82) is 0 Å². The molecular weight excluding hydrogens is 140 g/mol. The molecule has 0 fully saturated rings. The van der Waals surface area contributed by atoms with Gasteiger partial charge in [-0.05, 0) is 20.3 Å². The van der Waals surface area contributed by atoms with Crippen LogP contribution in [0.1, 0.15) is 26.7 Å². The Morgan fingerprint density at radius 1 is 1.27 bits per heavy atom. The van der Waals surface area contributed by atoms with Crippen LogP contribution in [0.4, 0.5) is 0 Å². The van der Waals surface area contributed by atoms with Gasteiger partial charge in [-0.15, -0.1) is 0 Å². The van der Waals surface area contributed by atoms with Crippen LogP contribution < -0.4 is 0 Å². The quantitative estimate of drug-likeness (QED) is 0.451. The molecule has 0 saturated heterocycles. The Labute approximate surface area is 69.2 Å². The van der Waals surface area contributed by atoms with E-state index in [1.807, 2.05) is 19.9 Å². The van der Waals surface area contributed by atoms with Crippen molar-refractivity contribution in [3.05, 3.63) is 12.2 Å². The van der Waals surface area contributed by atoms with E-state index >= 15 is 0 Å². The van der Waals surface area contributed by atoms with Crippen molar-refractivity contribution in [1.82, 2.24) is 0 Å². The highest BCUT2D eigenvalue weighted by Crippen LogP contribution is 2.17. The van der Waals surface area contributed by atoms with E-state index < -0.39 is 5.79 Å². The Morgan fingerprint density at radius 2 is 1.82 bits per heavy atom. The summed E-state index contributed by atoms with van der Waals surface area (Å²) in [6, 6.07) is 0. The first-order valence-corrected chi connectivity index (χ1v) is 3.90. The van der Waals surface area contributed by atoms with Gasteiger partial charge in [-0.25, -0.2) is 0 Å². The smallest absolute Gasteiger partial charge is 0.165 e. The third-order valence-electron chi connectivity index (χ3n) is 1.86. The van der Waals surface area contributed by atoms with E-state index in [-0.39, 0.29) is 0 Å². The van der Waals surface area contributed by atoms with Gasteiger partial charge >= 0.3 is 0 Å². The van der Waals surface area contributed by atoms with E-state index in [2.05, 4.69) is 6.08 Å². The molecule has 0 aromatic carbocycles. The molecule has 0 N–H and O–H groups in total. The molecule has 0 spiro atoms. The van der Waals surface area contributed by atoms with Crippen molar-refractivity contribution in [3.8, 4) is 0 Å². The molecule has 0 rings (SSSR count). The molecule has 0 aromatic rings. The number of hydrogen-bond acceptors (Lipinski definition) is 2. The van der Waals surface area contributed by atoms with Gasteiger partial charge in [0.1, 0.15) is 0 Å². The summed E-state index contributed by atoms with van der Waals surface area (Å²) in [5.74, 6) is -0.417. The molecule has 0 amide bonds. The molecule has 2 nitrogen and oxygen atoms in total. The number of methoxy groups -OCH3 is 2. The monoisotopic (exact) mass is 158 g/mol. The summed E-state index contributed by atoms with van der Waals surface area (Å²) in [4.78, 5) is 0. The lowest BCUT2D eigenvalue weighted by Gasteiger charge is -2.25. The first kappa shape index (κ1) is 10.7. The topological polar surface area (TPSA) is 18.5 Å². The van der Waals surface area contributed by atoms with E-state index in [0.717, 1.165) is 12.8 Å². The SMILES string of the molecule is C/C=C/CCC(C)(OC)OC. The fourth-order valence-corrected chi connectivity index (χ4v) is 0.800. The minimum absolute atomic E-state index is 0.417. The lowest BCUT2D eigenvalue weighted by atomic mass is 10.1. The predicted octanol–water partition coefficient (Wildman–Crippen LogP) is 2.35. The normalized spacial score (nSPS) is 12.7. The highest BCUT2D eigenvalue weighted by Gasteiger charge is 2.20. The second-order valence-electron chi connectivity index (χ2n) is 2.65. The summed E-state index contributed by atoms with van der Waals surface area (Å²) in [6.45, 7) is 3.95. The van der Waals surface area contributed by atoms with Crippen LogP contribution in [0.25, 0.3) is 0 Å². The fraction of sp³-hybridized carbons (Fsp3) is 0.778. The van der Waals surface area contributed by atoms with Crippen LogP contribution in [0.5, 0.6) is 0 Å². The molecule has 0 aliphatic carbocycles. The first-order chi connectivity index (χ1) is 5.18. The second kappa shape index (κ2) is 5.33. The van der Waals surface area contributed by atoms with Crippen LogP contribution >= 0.6 is 0 Å². The van der Waals surface area contributed by atoms with E-state index in [9.17, 15) is 0 Å². The standard InChI is InChI=1S/C9H18O2/c1-5-6-7-8-9(2,10-3)11-4/h5-6H,7-8H2,1-4H3/b6-5+. The molecule has 11 heavy (non-hydrogen) atoms. The van der Waals surface area contributed by atoms with E-state index in [1.54, 1.807) is 14.2 Å². The van der Waals surface area contributed by atoms with Crippen molar-refractivity contribution >= 4 is 0 Å². The van der Waals surface area contributed by atoms with Gasteiger partial charge in [-0.2, -0.15) is 0 Å². The summed E-state index contributed by atoms with van der Waals surface area (Å²) in [5.41, 5.74) is 0. The van der Waals surface area contributed by atoms with E-state index in [1.165, 1.54) is 0 Å². The van der Waals surface area contributed by atoms with Crippen molar-refractivity contribution in [2.75, 3.05) is 14.2 Å². The maximum atomic E-state index is 5.18. The summed E-state index contributed by atoms with van der Waals surface area (Å²) in [7, 11) is 3.33. The minimum atomic E-state index is -0.417. The molecule has 2 heteroatoms. The molecular formula is C9H18O2. The van der Waals surface area contributed by atoms with Gasteiger partial charge < -0.3 is 9.47 Å². The molecule has 0 aromatic heterocycles. The second-order valence-corrected chi connectivity index (χ2v) is 2.65. The molecule has 0 radical (unpaired) electrons. The predicted molar refractivity (Wildman–Crippen MR) is 46.5 cm³/mol. The Hall–Kier alpha value is -0.340. The Kier molecular flexibility index (Phi) is 5.16. The molecule has 66 valence electrons. The maximum absolute atomic E-state index is 5.18. The van der Waals surface area contributed by atoms with Gasteiger partial charge in [-0.3, -0.25) is 0 Å². The van der Waals surface area contributed by atoms with Crippen LogP contribution in [0, 0.1) is 0 Å². The summed E-state index contributed by atoms with van der Waals surface area (Å²) in [6.07, 6.45) is 6.03. The van der Waals surface area contributed by atoms with Gasteiger partial charge in [-0.1, -0.05) is 12.2 Å². The van der Waals surface area contributed by atoms with Crippen LogP contribution in [0.3, 0.4) is 0 Å². The molecule has 0 heterocycles. The Bertz CT molecular complexity index is 115. The summed E-state index contributed by atoms with van der Waals surface area (Å²) < 4.78 is 10.4. The van der Waals surface area contributed by atoms with E-state index in [4.69, 9.17) is 9.47 Å². The highest BCUT2D eigenvalue weighted by molar-refractivity contribution is 4.79. The lowest BCUT2D eigenvalue weighted by Crippen LogP contribution is -2.29. The maximum Gasteiger partial charge on any atom is 0.165 e. The molecule has 0 saturated carbocycles. The van der Waals surface area contributed by atoms with Crippen molar-refractivity contribution in [2.24, 2.45) is 0 Å². The lowest BCUT2D eigenvalue weighted by molar-refractivity contribution is -0.196. The van der Waals surface area contributed by atoms with E-state index in [0.29, 0.717) is 0 Å². The minimum Gasteiger partial charge on any atom is -0.353 e. The summed E-state index contributed by atoms with van der Waals surface area (Å²) in [5, 5.41) is 0. The highest BCUT2D eigenvalue weighted by atomic mass is 16.7. The fourth-order valence-electron chi connectivity index (χ4n) is 0.800. The molecule has 0 aliphatic rings.